The van der Waals surface area contributed by atoms with Gasteiger partial charge in [0.2, 0.25) is 0 Å². The molecule has 0 aromatic carbocycles. The third-order valence-electron chi connectivity index (χ3n) is 2.07. The first kappa shape index (κ1) is 14.7. The number of urea groups is 1. The maximum absolute atomic E-state index is 11.3. The lowest BCUT2D eigenvalue weighted by molar-refractivity contribution is -0.139. The first-order chi connectivity index (χ1) is 7.61. The zero-order chi connectivity index (χ0) is 12.4. The van der Waals surface area contributed by atoms with Crippen molar-refractivity contribution in [2.45, 2.75) is 32.2 Å². The van der Waals surface area contributed by atoms with Gasteiger partial charge in [-0.15, -0.1) is 0 Å². The topological polar surface area (TPSA) is 90.5 Å². The summed E-state index contributed by atoms with van der Waals surface area (Å²) >= 11 is 0. The Morgan fingerprint density at radius 2 is 2.00 bits per heavy atom. The summed E-state index contributed by atoms with van der Waals surface area (Å²) in [7, 11) is 1.84. The Labute approximate surface area is 95.8 Å². The Balaban J connectivity index is 3.77. The van der Waals surface area contributed by atoms with Gasteiger partial charge in [-0.05, 0) is 26.4 Å². The van der Waals surface area contributed by atoms with Crippen molar-refractivity contribution in [2.24, 2.45) is 0 Å². The number of amides is 2. The third-order valence-corrected chi connectivity index (χ3v) is 2.07. The summed E-state index contributed by atoms with van der Waals surface area (Å²) < 4.78 is 0. The fraction of sp³-hybridized carbons (Fsp3) is 0.800. The van der Waals surface area contributed by atoms with E-state index in [9.17, 15) is 9.59 Å². The molecule has 16 heavy (non-hydrogen) atoms. The molecule has 4 N–H and O–H groups in total. The van der Waals surface area contributed by atoms with Gasteiger partial charge < -0.3 is 21.1 Å². The normalized spacial score (nSPS) is 11.9. The first-order valence-electron chi connectivity index (χ1n) is 5.53. The summed E-state index contributed by atoms with van der Waals surface area (Å²) in [6.45, 7) is 3.23. The second kappa shape index (κ2) is 8.96. The molecule has 1 atom stereocenters. The van der Waals surface area contributed by atoms with Crippen LogP contribution in [-0.4, -0.2) is 43.3 Å². The fourth-order valence-corrected chi connectivity index (χ4v) is 1.22. The number of hydrogen-bond acceptors (Lipinski definition) is 3. The Bertz CT molecular complexity index is 221. The Kier molecular flexibility index (Phi) is 8.24. The van der Waals surface area contributed by atoms with Crippen molar-refractivity contribution in [1.29, 1.82) is 0 Å². The fourth-order valence-electron chi connectivity index (χ4n) is 1.22. The molecule has 0 spiro atoms. The van der Waals surface area contributed by atoms with E-state index >= 15 is 0 Å². The molecule has 0 unspecified atom stereocenters. The molecular weight excluding hydrogens is 210 g/mol. The Morgan fingerprint density at radius 3 is 2.50 bits per heavy atom. The van der Waals surface area contributed by atoms with Crippen LogP contribution in [0.1, 0.15) is 26.2 Å². The van der Waals surface area contributed by atoms with Crippen LogP contribution in [0.3, 0.4) is 0 Å². The number of carboxylic acids is 1. The van der Waals surface area contributed by atoms with Gasteiger partial charge in [0.15, 0.2) is 0 Å². The van der Waals surface area contributed by atoms with Crippen LogP contribution in [0.15, 0.2) is 0 Å². The molecule has 0 aliphatic rings. The van der Waals surface area contributed by atoms with Crippen LogP contribution in [0.2, 0.25) is 0 Å². The number of nitrogens with one attached hydrogen (secondary N) is 3. The van der Waals surface area contributed by atoms with E-state index in [2.05, 4.69) is 16.0 Å². The number of rotatable bonds is 8. The van der Waals surface area contributed by atoms with Crippen molar-refractivity contribution < 1.29 is 14.7 Å². The van der Waals surface area contributed by atoms with E-state index in [1.807, 2.05) is 14.0 Å². The second-order valence-electron chi connectivity index (χ2n) is 3.54. The average Bonchev–Trinajstić information content (AvgIpc) is 2.23. The third kappa shape index (κ3) is 7.05. The largest absolute Gasteiger partial charge is 0.480 e. The SMILES string of the molecule is CCC[C@@H](NC(=O)NCCCNC)C(=O)O. The lowest BCUT2D eigenvalue weighted by atomic mass is 10.2. The van der Waals surface area contributed by atoms with E-state index in [0.29, 0.717) is 13.0 Å². The van der Waals surface area contributed by atoms with E-state index in [1.54, 1.807) is 0 Å². The summed E-state index contributed by atoms with van der Waals surface area (Å²) in [5.74, 6) is -0.993. The van der Waals surface area contributed by atoms with Gasteiger partial charge >= 0.3 is 12.0 Å². The van der Waals surface area contributed by atoms with Crippen LogP contribution in [-0.2, 0) is 4.79 Å². The molecule has 0 aliphatic heterocycles. The van der Waals surface area contributed by atoms with Crippen molar-refractivity contribution in [3.05, 3.63) is 0 Å². The summed E-state index contributed by atoms with van der Waals surface area (Å²) in [6.07, 6.45) is 1.98. The number of carbonyl (C=O) groups excluding carboxylic acids is 1. The molecule has 6 heteroatoms. The van der Waals surface area contributed by atoms with Crippen molar-refractivity contribution in [3.63, 3.8) is 0 Å². The summed E-state index contributed by atoms with van der Waals surface area (Å²) in [5, 5.41) is 16.8. The molecule has 0 heterocycles. The molecular formula is C10H21N3O3. The Morgan fingerprint density at radius 1 is 1.31 bits per heavy atom. The molecule has 6 nitrogen and oxygen atoms in total. The molecule has 0 aliphatic carbocycles. The number of aliphatic carboxylic acids is 1. The van der Waals surface area contributed by atoms with E-state index in [1.165, 1.54) is 0 Å². The minimum atomic E-state index is -0.993. The van der Waals surface area contributed by atoms with E-state index in [0.717, 1.165) is 19.4 Å². The monoisotopic (exact) mass is 231 g/mol. The average molecular weight is 231 g/mol. The van der Waals surface area contributed by atoms with Gasteiger partial charge in [0.05, 0.1) is 0 Å². The number of carboxylic acid groups (broad SMARTS) is 1. The van der Waals surface area contributed by atoms with Crippen LogP contribution >= 0.6 is 0 Å². The van der Waals surface area contributed by atoms with Gasteiger partial charge in [-0.2, -0.15) is 0 Å². The van der Waals surface area contributed by atoms with E-state index in [-0.39, 0.29) is 0 Å². The predicted molar refractivity (Wildman–Crippen MR) is 61.4 cm³/mol. The van der Waals surface area contributed by atoms with Crippen LogP contribution in [0.4, 0.5) is 4.79 Å². The van der Waals surface area contributed by atoms with Gasteiger partial charge in [-0.3, -0.25) is 0 Å². The summed E-state index contributed by atoms with van der Waals surface area (Å²) in [5.41, 5.74) is 0. The van der Waals surface area contributed by atoms with Crippen molar-refractivity contribution in [3.8, 4) is 0 Å². The van der Waals surface area contributed by atoms with E-state index in [4.69, 9.17) is 5.11 Å². The first-order valence-corrected chi connectivity index (χ1v) is 5.53. The Hall–Kier alpha value is -1.30. The molecule has 0 aromatic rings. The van der Waals surface area contributed by atoms with Gasteiger partial charge in [0.1, 0.15) is 6.04 Å². The molecule has 0 radical (unpaired) electrons. The molecule has 0 bridgehead atoms. The molecule has 0 saturated heterocycles. The lowest BCUT2D eigenvalue weighted by Crippen LogP contribution is -2.46. The second-order valence-corrected chi connectivity index (χ2v) is 3.54. The van der Waals surface area contributed by atoms with Crippen LogP contribution in [0.5, 0.6) is 0 Å². The molecule has 2 amide bonds. The van der Waals surface area contributed by atoms with Crippen LogP contribution < -0.4 is 16.0 Å². The van der Waals surface area contributed by atoms with Crippen molar-refractivity contribution in [2.75, 3.05) is 20.1 Å². The highest BCUT2D eigenvalue weighted by molar-refractivity contribution is 5.82. The molecule has 94 valence electrons. The maximum Gasteiger partial charge on any atom is 0.326 e. The zero-order valence-electron chi connectivity index (χ0n) is 9.88. The predicted octanol–water partition coefficient (Wildman–Crippen LogP) is 0.148. The maximum atomic E-state index is 11.3. The van der Waals surface area contributed by atoms with Gasteiger partial charge in [-0.25, -0.2) is 9.59 Å². The molecule has 0 fully saturated rings. The zero-order valence-corrected chi connectivity index (χ0v) is 9.88. The highest BCUT2D eigenvalue weighted by atomic mass is 16.4. The minimum Gasteiger partial charge on any atom is -0.480 e. The number of carbonyl (C=O) groups is 2. The summed E-state index contributed by atoms with van der Waals surface area (Å²) in [4.78, 5) is 22.0. The molecule has 0 aromatic heterocycles. The quantitative estimate of drug-likeness (QED) is 0.447. The van der Waals surface area contributed by atoms with Crippen molar-refractivity contribution >= 4 is 12.0 Å². The standard InChI is InChI=1S/C10H21N3O3/c1-3-5-8(9(14)15)13-10(16)12-7-4-6-11-2/h8,11H,3-7H2,1-2H3,(H,14,15)(H2,12,13,16)/t8-/m1/s1. The highest BCUT2D eigenvalue weighted by Gasteiger charge is 2.17. The van der Waals surface area contributed by atoms with Crippen LogP contribution in [0, 0.1) is 0 Å². The summed E-state index contributed by atoms with van der Waals surface area (Å²) in [6, 6.07) is -1.22. The van der Waals surface area contributed by atoms with Crippen LogP contribution in [0.25, 0.3) is 0 Å². The smallest absolute Gasteiger partial charge is 0.326 e. The minimum absolute atomic E-state index is 0.419. The van der Waals surface area contributed by atoms with Gasteiger partial charge in [0.25, 0.3) is 0 Å². The van der Waals surface area contributed by atoms with E-state index < -0.39 is 18.0 Å². The van der Waals surface area contributed by atoms with Gasteiger partial charge in [0, 0.05) is 6.54 Å². The highest BCUT2D eigenvalue weighted by Crippen LogP contribution is 1.96. The molecule has 0 rings (SSSR count). The van der Waals surface area contributed by atoms with Crippen molar-refractivity contribution in [1.82, 2.24) is 16.0 Å². The molecule has 0 saturated carbocycles. The lowest BCUT2D eigenvalue weighted by Gasteiger charge is -2.14. The van der Waals surface area contributed by atoms with Gasteiger partial charge in [-0.1, -0.05) is 13.3 Å². The number of hydrogen-bond donors (Lipinski definition) is 4.